The standard InChI is InChI=1S/C21H27N5O/c1-2-23-21(24-14-16-8-10-17(11-9-16)20(22)27)25-18-12-13-26(15-18)19-6-4-3-5-7-19/h3-11,18H,2,12-15H2,1H3,(H2,22,27)(H2,23,24,25). The third kappa shape index (κ3) is 5.23. The Hall–Kier alpha value is -3.02. The first kappa shape index (κ1) is 18.8. The molecule has 0 aromatic heterocycles. The van der Waals surface area contributed by atoms with Crippen LogP contribution < -0.4 is 21.3 Å². The molecule has 0 aliphatic carbocycles. The van der Waals surface area contributed by atoms with E-state index in [1.165, 1.54) is 5.69 Å². The third-order valence-electron chi connectivity index (χ3n) is 4.65. The van der Waals surface area contributed by atoms with Crippen molar-refractivity contribution in [1.29, 1.82) is 0 Å². The van der Waals surface area contributed by atoms with E-state index >= 15 is 0 Å². The Morgan fingerprint density at radius 1 is 1.19 bits per heavy atom. The number of hydrogen-bond acceptors (Lipinski definition) is 3. The number of para-hydroxylation sites is 1. The van der Waals surface area contributed by atoms with Crippen LogP contribution in [0.15, 0.2) is 59.6 Å². The van der Waals surface area contributed by atoms with Gasteiger partial charge in [-0.05, 0) is 43.2 Å². The monoisotopic (exact) mass is 365 g/mol. The van der Waals surface area contributed by atoms with Crippen molar-refractivity contribution >= 4 is 17.6 Å². The zero-order valence-electron chi connectivity index (χ0n) is 15.7. The lowest BCUT2D eigenvalue weighted by Crippen LogP contribution is -2.44. The molecule has 142 valence electrons. The molecule has 2 aromatic carbocycles. The second kappa shape index (κ2) is 9.07. The van der Waals surface area contributed by atoms with Crippen molar-refractivity contribution in [2.24, 2.45) is 10.7 Å². The number of amides is 1. The maximum atomic E-state index is 11.2. The van der Waals surface area contributed by atoms with Gasteiger partial charge in [-0.2, -0.15) is 0 Å². The molecule has 1 aliphatic heterocycles. The second-order valence-corrected chi connectivity index (χ2v) is 6.67. The van der Waals surface area contributed by atoms with Crippen molar-refractivity contribution in [2.75, 3.05) is 24.5 Å². The molecule has 1 saturated heterocycles. The van der Waals surface area contributed by atoms with E-state index in [9.17, 15) is 4.79 Å². The summed E-state index contributed by atoms with van der Waals surface area (Å²) < 4.78 is 0. The molecule has 6 nitrogen and oxygen atoms in total. The first-order chi connectivity index (χ1) is 13.2. The van der Waals surface area contributed by atoms with Crippen molar-refractivity contribution < 1.29 is 4.79 Å². The third-order valence-corrected chi connectivity index (χ3v) is 4.65. The van der Waals surface area contributed by atoms with Crippen LogP contribution in [-0.2, 0) is 6.54 Å². The number of primary amides is 1. The molecule has 0 bridgehead atoms. The van der Waals surface area contributed by atoms with E-state index in [0.29, 0.717) is 18.2 Å². The zero-order chi connectivity index (χ0) is 19.1. The predicted octanol–water partition coefficient (Wildman–Crippen LogP) is 2.12. The van der Waals surface area contributed by atoms with Crippen molar-refractivity contribution in [1.82, 2.24) is 10.6 Å². The Morgan fingerprint density at radius 2 is 1.93 bits per heavy atom. The zero-order valence-corrected chi connectivity index (χ0v) is 15.7. The number of nitrogens with two attached hydrogens (primary N) is 1. The fraction of sp³-hybridized carbons (Fsp3) is 0.333. The van der Waals surface area contributed by atoms with E-state index < -0.39 is 5.91 Å². The highest BCUT2D eigenvalue weighted by molar-refractivity contribution is 5.92. The maximum Gasteiger partial charge on any atom is 0.248 e. The number of nitrogens with one attached hydrogen (secondary N) is 2. The van der Waals surface area contributed by atoms with Crippen LogP contribution in [0.2, 0.25) is 0 Å². The molecule has 0 saturated carbocycles. The number of hydrogen-bond donors (Lipinski definition) is 3. The van der Waals surface area contributed by atoms with Crippen LogP contribution in [-0.4, -0.2) is 37.5 Å². The summed E-state index contributed by atoms with van der Waals surface area (Å²) in [5.74, 6) is 0.403. The van der Waals surface area contributed by atoms with Gasteiger partial charge in [0.2, 0.25) is 5.91 Å². The summed E-state index contributed by atoms with van der Waals surface area (Å²) in [5.41, 5.74) is 8.09. The summed E-state index contributed by atoms with van der Waals surface area (Å²) in [7, 11) is 0. The lowest BCUT2D eigenvalue weighted by atomic mass is 10.1. The van der Waals surface area contributed by atoms with Gasteiger partial charge in [0, 0.05) is 36.9 Å². The lowest BCUT2D eigenvalue weighted by molar-refractivity contribution is 0.100. The highest BCUT2D eigenvalue weighted by Gasteiger charge is 2.23. The van der Waals surface area contributed by atoms with Crippen LogP contribution >= 0.6 is 0 Å². The number of benzene rings is 2. The minimum absolute atomic E-state index is 0.361. The summed E-state index contributed by atoms with van der Waals surface area (Å²) in [5, 5.41) is 6.85. The van der Waals surface area contributed by atoms with Gasteiger partial charge in [0.15, 0.2) is 5.96 Å². The number of guanidine groups is 1. The average Bonchev–Trinajstić information content (AvgIpc) is 3.16. The van der Waals surface area contributed by atoms with Crippen LogP contribution in [0, 0.1) is 0 Å². The Morgan fingerprint density at radius 3 is 2.59 bits per heavy atom. The summed E-state index contributed by atoms with van der Waals surface area (Å²) in [6.45, 7) is 5.41. The van der Waals surface area contributed by atoms with E-state index in [0.717, 1.165) is 37.6 Å². The second-order valence-electron chi connectivity index (χ2n) is 6.67. The molecule has 0 spiro atoms. The molecule has 1 amide bonds. The Bertz CT molecular complexity index is 773. The van der Waals surface area contributed by atoms with Crippen molar-refractivity contribution in [3.8, 4) is 0 Å². The Balaban J connectivity index is 1.58. The molecular weight excluding hydrogens is 338 g/mol. The molecule has 2 aromatic rings. The quantitative estimate of drug-likeness (QED) is 0.541. The van der Waals surface area contributed by atoms with Crippen LogP contribution in [0.4, 0.5) is 5.69 Å². The number of rotatable bonds is 6. The predicted molar refractivity (Wildman–Crippen MR) is 110 cm³/mol. The van der Waals surface area contributed by atoms with Crippen LogP contribution in [0.5, 0.6) is 0 Å². The van der Waals surface area contributed by atoms with Crippen molar-refractivity contribution in [2.45, 2.75) is 25.9 Å². The van der Waals surface area contributed by atoms with Gasteiger partial charge in [-0.1, -0.05) is 30.3 Å². The van der Waals surface area contributed by atoms with Gasteiger partial charge in [-0.3, -0.25) is 4.79 Å². The highest BCUT2D eigenvalue weighted by Crippen LogP contribution is 2.19. The molecule has 27 heavy (non-hydrogen) atoms. The summed E-state index contributed by atoms with van der Waals surface area (Å²) in [6.07, 6.45) is 1.08. The minimum Gasteiger partial charge on any atom is -0.369 e. The van der Waals surface area contributed by atoms with Gasteiger partial charge in [0.05, 0.1) is 6.54 Å². The lowest BCUT2D eigenvalue weighted by Gasteiger charge is -2.20. The summed E-state index contributed by atoms with van der Waals surface area (Å²) in [4.78, 5) is 18.2. The SMILES string of the molecule is CCNC(=NCc1ccc(C(N)=O)cc1)NC1CCN(c2ccccc2)C1. The van der Waals surface area contributed by atoms with Crippen molar-refractivity contribution in [3.63, 3.8) is 0 Å². The molecule has 0 radical (unpaired) electrons. The molecule has 1 aliphatic rings. The fourth-order valence-corrected chi connectivity index (χ4v) is 3.21. The van der Waals surface area contributed by atoms with Crippen molar-refractivity contribution in [3.05, 3.63) is 65.7 Å². The minimum atomic E-state index is -0.413. The number of nitrogens with zero attached hydrogens (tertiary/aromatic N) is 2. The van der Waals surface area contributed by atoms with Gasteiger partial charge in [-0.15, -0.1) is 0 Å². The van der Waals surface area contributed by atoms with Gasteiger partial charge in [0.1, 0.15) is 0 Å². The van der Waals surface area contributed by atoms with E-state index in [2.05, 4.69) is 51.7 Å². The van der Waals surface area contributed by atoms with Crippen LogP contribution in [0.25, 0.3) is 0 Å². The molecule has 1 fully saturated rings. The van der Waals surface area contributed by atoms with Gasteiger partial charge in [0.25, 0.3) is 0 Å². The smallest absolute Gasteiger partial charge is 0.248 e. The molecule has 6 heteroatoms. The van der Waals surface area contributed by atoms with Gasteiger partial charge >= 0.3 is 0 Å². The number of aliphatic imine (C=N–C) groups is 1. The average molecular weight is 365 g/mol. The Kier molecular flexibility index (Phi) is 6.30. The molecule has 1 atom stereocenters. The number of carbonyl (C=O) groups is 1. The Labute approximate surface area is 160 Å². The first-order valence-corrected chi connectivity index (χ1v) is 9.39. The molecule has 4 N–H and O–H groups in total. The first-order valence-electron chi connectivity index (χ1n) is 9.39. The summed E-state index contributed by atoms with van der Waals surface area (Å²) >= 11 is 0. The molecule has 1 unspecified atom stereocenters. The number of anilines is 1. The fourth-order valence-electron chi connectivity index (χ4n) is 3.21. The largest absolute Gasteiger partial charge is 0.369 e. The topological polar surface area (TPSA) is 82.7 Å². The molecular formula is C21H27N5O. The summed E-state index contributed by atoms with van der Waals surface area (Å²) in [6, 6.07) is 18.1. The van der Waals surface area contributed by atoms with E-state index in [1.54, 1.807) is 12.1 Å². The van der Waals surface area contributed by atoms with E-state index in [1.807, 2.05) is 18.2 Å². The highest BCUT2D eigenvalue weighted by atomic mass is 16.1. The van der Waals surface area contributed by atoms with Gasteiger partial charge < -0.3 is 21.3 Å². The number of carbonyl (C=O) groups excluding carboxylic acids is 1. The van der Waals surface area contributed by atoms with E-state index in [4.69, 9.17) is 5.73 Å². The maximum absolute atomic E-state index is 11.2. The normalized spacial score (nSPS) is 17.0. The van der Waals surface area contributed by atoms with Crippen LogP contribution in [0.3, 0.4) is 0 Å². The van der Waals surface area contributed by atoms with Gasteiger partial charge in [-0.25, -0.2) is 4.99 Å². The van der Waals surface area contributed by atoms with E-state index in [-0.39, 0.29) is 0 Å². The molecule has 3 rings (SSSR count). The van der Waals surface area contributed by atoms with Crippen LogP contribution in [0.1, 0.15) is 29.3 Å². The molecule has 1 heterocycles.